The molecular formula is C8H17N2. The molecule has 59 valence electrons. The molecule has 1 heterocycles. The Morgan fingerprint density at radius 2 is 2.20 bits per heavy atom. The van der Waals surface area contributed by atoms with E-state index in [9.17, 15) is 0 Å². The number of hydrogen-bond acceptors (Lipinski definition) is 1. The Hall–Kier alpha value is -0.0800. The van der Waals surface area contributed by atoms with Crippen LogP contribution in [0.15, 0.2) is 0 Å². The summed E-state index contributed by atoms with van der Waals surface area (Å²) in [4.78, 5) is 0. The van der Waals surface area contributed by atoms with Gasteiger partial charge in [-0.15, -0.1) is 0 Å². The van der Waals surface area contributed by atoms with Crippen LogP contribution in [0.1, 0.15) is 20.8 Å². The molecule has 0 spiro atoms. The summed E-state index contributed by atoms with van der Waals surface area (Å²) in [6.45, 7) is 8.69. The molecule has 2 nitrogen and oxygen atoms in total. The average molecular weight is 141 g/mol. The van der Waals surface area contributed by atoms with Crippen molar-refractivity contribution >= 4 is 0 Å². The van der Waals surface area contributed by atoms with Crippen LogP contribution in [-0.4, -0.2) is 25.2 Å². The van der Waals surface area contributed by atoms with Crippen molar-refractivity contribution in [2.45, 2.75) is 32.9 Å². The summed E-state index contributed by atoms with van der Waals surface area (Å²) in [5.74, 6) is 0.719. The van der Waals surface area contributed by atoms with Crippen molar-refractivity contribution in [3.63, 3.8) is 0 Å². The lowest BCUT2D eigenvalue weighted by Gasteiger charge is -2.30. The molecule has 0 aromatic heterocycles. The zero-order valence-corrected chi connectivity index (χ0v) is 7.09. The Kier molecular flexibility index (Phi) is 2.69. The summed E-state index contributed by atoms with van der Waals surface area (Å²) in [5, 5.41) is 7.94. The maximum Gasteiger partial charge on any atom is 0.0343 e. The highest BCUT2D eigenvalue weighted by molar-refractivity contribution is 4.81. The minimum absolute atomic E-state index is 0.523. The second-order valence-electron chi connectivity index (χ2n) is 3.47. The molecule has 0 aromatic rings. The van der Waals surface area contributed by atoms with Crippen molar-refractivity contribution in [3.05, 3.63) is 0 Å². The molecule has 0 bridgehead atoms. The molecule has 0 aromatic carbocycles. The average Bonchev–Trinajstić information content (AvgIpc) is 1.88. The lowest BCUT2D eigenvalue weighted by molar-refractivity contribution is 0.299. The van der Waals surface area contributed by atoms with E-state index < -0.39 is 0 Å². The monoisotopic (exact) mass is 141 g/mol. The first kappa shape index (κ1) is 8.02. The highest BCUT2D eigenvalue weighted by atomic mass is 15.1. The molecule has 1 fully saturated rings. The van der Waals surface area contributed by atoms with Gasteiger partial charge in [0.15, 0.2) is 0 Å². The van der Waals surface area contributed by atoms with Crippen LogP contribution in [0.3, 0.4) is 0 Å². The van der Waals surface area contributed by atoms with E-state index in [0.29, 0.717) is 12.1 Å². The Labute approximate surface area is 63.4 Å². The molecule has 1 aliphatic heterocycles. The Morgan fingerprint density at radius 3 is 2.60 bits per heavy atom. The number of rotatable bonds is 1. The van der Waals surface area contributed by atoms with Gasteiger partial charge in [0.05, 0.1) is 0 Å². The molecule has 1 aliphatic rings. The van der Waals surface area contributed by atoms with Gasteiger partial charge in [0.25, 0.3) is 0 Å². The first-order valence-corrected chi connectivity index (χ1v) is 4.10. The third kappa shape index (κ3) is 1.96. The fourth-order valence-electron chi connectivity index (χ4n) is 1.19. The molecule has 2 heteroatoms. The third-order valence-corrected chi connectivity index (χ3v) is 2.09. The van der Waals surface area contributed by atoms with Crippen molar-refractivity contribution in [1.82, 2.24) is 10.6 Å². The van der Waals surface area contributed by atoms with Gasteiger partial charge in [-0.3, -0.25) is 0 Å². The Bertz CT molecular complexity index is 93.4. The third-order valence-electron chi connectivity index (χ3n) is 2.09. The molecule has 10 heavy (non-hydrogen) atoms. The topological polar surface area (TPSA) is 26.1 Å². The highest BCUT2D eigenvalue weighted by Gasteiger charge is 2.19. The Balaban J connectivity index is 2.26. The van der Waals surface area contributed by atoms with Gasteiger partial charge < -0.3 is 5.32 Å². The van der Waals surface area contributed by atoms with E-state index in [1.807, 2.05) is 0 Å². The first-order valence-electron chi connectivity index (χ1n) is 4.10. The van der Waals surface area contributed by atoms with Gasteiger partial charge in [0, 0.05) is 25.2 Å². The van der Waals surface area contributed by atoms with E-state index in [-0.39, 0.29) is 0 Å². The van der Waals surface area contributed by atoms with Crippen LogP contribution in [0.25, 0.3) is 0 Å². The van der Waals surface area contributed by atoms with Crippen LogP contribution in [0, 0.1) is 5.92 Å². The van der Waals surface area contributed by atoms with Crippen LogP contribution in [0.2, 0.25) is 0 Å². The largest absolute Gasteiger partial charge is 0.311 e. The van der Waals surface area contributed by atoms with Gasteiger partial charge in [-0.1, -0.05) is 13.8 Å². The normalized spacial score (nSPS) is 34.8. The number of nitrogens with zero attached hydrogens (tertiary/aromatic N) is 1. The molecule has 0 aliphatic carbocycles. The fraction of sp³-hybridized carbons (Fsp3) is 1.00. The van der Waals surface area contributed by atoms with E-state index in [1.165, 1.54) is 0 Å². The molecule has 2 atom stereocenters. The number of nitrogens with one attached hydrogen (secondary N) is 1. The molecule has 1 N–H and O–H groups in total. The number of hydrogen-bond donors (Lipinski definition) is 1. The smallest absolute Gasteiger partial charge is 0.0343 e. The van der Waals surface area contributed by atoms with E-state index in [1.54, 1.807) is 0 Å². The van der Waals surface area contributed by atoms with Gasteiger partial charge in [-0.2, -0.15) is 0 Å². The summed E-state index contributed by atoms with van der Waals surface area (Å²) < 4.78 is 0. The summed E-state index contributed by atoms with van der Waals surface area (Å²) >= 11 is 0. The first-order chi connectivity index (χ1) is 4.70. The van der Waals surface area contributed by atoms with Gasteiger partial charge >= 0.3 is 0 Å². The molecule has 1 radical (unpaired) electrons. The van der Waals surface area contributed by atoms with Crippen LogP contribution >= 0.6 is 0 Å². The van der Waals surface area contributed by atoms with Crippen LogP contribution < -0.4 is 10.6 Å². The van der Waals surface area contributed by atoms with Gasteiger partial charge in [0.2, 0.25) is 0 Å². The summed E-state index contributed by atoms with van der Waals surface area (Å²) in [6, 6.07) is 1.14. The molecule has 1 rings (SSSR count). The number of piperazine rings is 1. The molecule has 2 unspecified atom stereocenters. The fourth-order valence-corrected chi connectivity index (χ4v) is 1.19. The SMILES string of the molecule is CC1CNC(C(C)C)C[N]1. The Morgan fingerprint density at radius 1 is 1.50 bits per heavy atom. The van der Waals surface area contributed by atoms with Gasteiger partial charge in [-0.25, -0.2) is 5.32 Å². The van der Waals surface area contributed by atoms with Gasteiger partial charge in [0.1, 0.15) is 0 Å². The van der Waals surface area contributed by atoms with Crippen molar-refractivity contribution in [2.24, 2.45) is 5.92 Å². The zero-order valence-electron chi connectivity index (χ0n) is 7.09. The molecular weight excluding hydrogens is 124 g/mol. The second-order valence-corrected chi connectivity index (χ2v) is 3.47. The molecule has 0 amide bonds. The predicted molar refractivity (Wildman–Crippen MR) is 43.1 cm³/mol. The minimum Gasteiger partial charge on any atom is -0.311 e. The molecule has 0 saturated carbocycles. The van der Waals surface area contributed by atoms with Crippen LogP contribution in [0.5, 0.6) is 0 Å². The van der Waals surface area contributed by atoms with Crippen molar-refractivity contribution in [3.8, 4) is 0 Å². The predicted octanol–water partition coefficient (Wildman–Crippen LogP) is 0.607. The van der Waals surface area contributed by atoms with E-state index in [0.717, 1.165) is 19.0 Å². The highest BCUT2D eigenvalue weighted by Crippen LogP contribution is 2.04. The lowest BCUT2D eigenvalue weighted by Crippen LogP contribution is -2.51. The second kappa shape index (κ2) is 3.35. The standard InChI is InChI=1S/C8H17N2/c1-6(2)8-5-9-7(3)4-10-8/h6-8,10H,4-5H2,1-3H3. The van der Waals surface area contributed by atoms with E-state index in [2.05, 4.69) is 31.4 Å². The van der Waals surface area contributed by atoms with E-state index in [4.69, 9.17) is 0 Å². The van der Waals surface area contributed by atoms with Crippen molar-refractivity contribution in [2.75, 3.05) is 13.1 Å². The van der Waals surface area contributed by atoms with Crippen LogP contribution in [-0.2, 0) is 0 Å². The summed E-state index contributed by atoms with van der Waals surface area (Å²) in [5.41, 5.74) is 0. The van der Waals surface area contributed by atoms with Gasteiger partial charge in [-0.05, 0) is 12.8 Å². The summed E-state index contributed by atoms with van der Waals surface area (Å²) in [7, 11) is 0. The molecule has 1 saturated heterocycles. The summed E-state index contributed by atoms with van der Waals surface area (Å²) in [6.07, 6.45) is 0. The van der Waals surface area contributed by atoms with Crippen molar-refractivity contribution < 1.29 is 0 Å². The maximum absolute atomic E-state index is 4.47. The minimum atomic E-state index is 0.523. The van der Waals surface area contributed by atoms with E-state index >= 15 is 0 Å². The quantitative estimate of drug-likeness (QED) is 0.569. The van der Waals surface area contributed by atoms with Crippen LogP contribution in [0.4, 0.5) is 0 Å². The zero-order chi connectivity index (χ0) is 7.56. The maximum atomic E-state index is 4.47. The lowest BCUT2D eigenvalue weighted by atomic mass is 10.0. The van der Waals surface area contributed by atoms with Crippen molar-refractivity contribution in [1.29, 1.82) is 0 Å².